The predicted octanol–water partition coefficient (Wildman–Crippen LogP) is 2.36. The zero-order valence-corrected chi connectivity index (χ0v) is 12.2. The minimum absolute atomic E-state index is 0.0380. The van der Waals surface area contributed by atoms with Gasteiger partial charge in [-0.2, -0.15) is 0 Å². The maximum Gasteiger partial charge on any atom is 0.122 e. The predicted molar refractivity (Wildman–Crippen MR) is 74.8 cm³/mol. The van der Waals surface area contributed by atoms with Crippen LogP contribution in [0.2, 0.25) is 0 Å². The molecule has 2 rings (SSSR count). The SMILES string of the molecule is COc1cc(CNC2(C)CCOC2C)cc(OC)c1. The molecule has 1 saturated heterocycles. The molecule has 0 aromatic heterocycles. The average molecular weight is 265 g/mol. The largest absolute Gasteiger partial charge is 0.497 e. The third kappa shape index (κ3) is 3.19. The van der Waals surface area contributed by atoms with Crippen LogP contribution in [-0.4, -0.2) is 32.5 Å². The molecule has 0 bridgehead atoms. The van der Waals surface area contributed by atoms with Gasteiger partial charge in [-0.05, 0) is 38.0 Å². The fourth-order valence-electron chi connectivity index (χ4n) is 2.34. The van der Waals surface area contributed by atoms with Gasteiger partial charge in [0.05, 0.1) is 20.3 Å². The van der Waals surface area contributed by atoms with Crippen LogP contribution in [0.4, 0.5) is 0 Å². The van der Waals surface area contributed by atoms with E-state index in [1.54, 1.807) is 14.2 Å². The van der Waals surface area contributed by atoms with Crippen LogP contribution in [0, 0.1) is 0 Å². The average Bonchev–Trinajstić information content (AvgIpc) is 2.76. The van der Waals surface area contributed by atoms with Gasteiger partial charge >= 0.3 is 0 Å². The van der Waals surface area contributed by atoms with E-state index in [0.29, 0.717) is 0 Å². The highest BCUT2D eigenvalue weighted by Crippen LogP contribution is 2.27. The van der Waals surface area contributed by atoms with Crippen molar-refractivity contribution < 1.29 is 14.2 Å². The summed E-state index contributed by atoms with van der Waals surface area (Å²) in [5.74, 6) is 1.63. The van der Waals surface area contributed by atoms with Crippen LogP contribution >= 0.6 is 0 Å². The molecule has 0 saturated carbocycles. The molecule has 1 aliphatic rings. The summed E-state index contributed by atoms with van der Waals surface area (Å²) in [5.41, 5.74) is 1.19. The van der Waals surface area contributed by atoms with E-state index in [4.69, 9.17) is 14.2 Å². The Bertz CT molecular complexity index is 413. The van der Waals surface area contributed by atoms with Crippen molar-refractivity contribution in [3.8, 4) is 11.5 Å². The summed E-state index contributed by atoms with van der Waals surface area (Å²) in [7, 11) is 3.33. The summed E-state index contributed by atoms with van der Waals surface area (Å²) in [5, 5.41) is 3.59. The second-order valence-corrected chi connectivity index (χ2v) is 5.25. The molecule has 19 heavy (non-hydrogen) atoms. The summed E-state index contributed by atoms with van der Waals surface area (Å²) >= 11 is 0. The molecule has 0 amide bonds. The fraction of sp³-hybridized carbons (Fsp3) is 0.600. The lowest BCUT2D eigenvalue weighted by Crippen LogP contribution is -2.47. The number of hydrogen-bond donors (Lipinski definition) is 1. The highest BCUT2D eigenvalue weighted by Gasteiger charge is 2.36. The summed E-state index contributed by atoms with van der Waals surface area (Å²) in [4.78, 5) is 0. The second-order valence-electron chi connectivity index (χ2n) is 5.25. The Hall–Kier alpha value is -1.26. The second kappa shape index (κ2) is 5.80. The molecule has 1 aromatic carbocycles. The van der Waals surface area contributed by atoms with E-state index in [0.717, 1.165) is 36.6 Å². The van der Waals surface area contributed by atoms with Crippen molar-refractivity contribution in [3.63, 3.8) is 0 Å². The number of nitrogens with one attached hydrogen (secondary N) is 1. The van der Waals surface area contributed by atoms with Crippen LogP contribution in [0.15, 0.2) is 18.2 Å². The number of methoxy groups -OCH3 is 2. The van der Waals surface area contributed by atoms with Crippen LogP contribution in [0.25, 0.3) is 0 Å². The summed E-state index contributed by atoms with van der Waals surface area (Å²) in [6.07, 6.45) is 1.27. The van der Waals surface area contributed by atoms with Crippen molar-refractivity contribution in [2.45, 2.75) is 38.5 Å². The molecule has 0 spiro atoms. The summed E-state index contributed by atoms with van der Waals surface area (Å²) in [6.45, 7) is 5.93. The first-order valence-electron chi connectivity index (χ1n) is 6.66. The highest BCUT2D eigenvalue weighted by molar-refractivity contribution is 5.38. The zero-order valence-electron chi connectivity index (χ0n) is 12.2. The van der Waals surface area contributed by atoms with E-state index in [9.17, 15) is 0 Å². The lowest BCUT2D eigenvalue weighted by Gasteiger charge is -2.29. The van der Waals surface area contributed by atoms with E-state index in [-0.39, 0.29) is 11.6 Å². The van der Waals surface area contributed by atoms with Gasteiger partial charge in [-0.15, -0.1) is 0 Å². The smallest absolute Gasteiger partial charge is 0.122 e. The van der Waals surface area contributed by atoms with Crippen LogP contribution in [-0.2, 0) is 11.3 Å². The molecular weight excluding hydrogens is 242 g/mol. The van der Waals surface area contributed by atoms with Gasteiger partial charge in [0.15, 0.2) is 0 Å². The van der Waals surface area contributed by atoms with E-state index < -0.39 is 0 Å². The lowest BCUT2D eigenvalue weighted by molar-refractivity contribution is 0.0881. The molecule has 1 fully saturated rings. The molecule has 0 aliphatic carbocycles. The minimum Gasteiger partial charge on any atom is -0.497 e. The normalized spacial score (nSPS) is 26.4. The Kier molecular flexibility index (Phi) is 4.32. The van der Waals surface area contributed by atoms with Gasteiger partial charge in [-0.3, -0.25) is 0 Å². The molecule has 4 heteroatoms. The Balaban J connectivity index is 2.06. The quantitative estimate of drug-likeness (QED) is 0.887. The number of ether oxygens (including phenoxy) is 3. The van der Waals surface area contributed by atoms with Crippen LogP contribution in [0.5, 0.6) is 11.5 Å². The standard InChI is InChI=1S/C15H23NO3/c1-11-15(2,5-6-19-11)16-10-12-7-13(17-3)9-14(8-12)18-4/h7-9,11,16H,5-6,10H2,1-4H3. The van der Waals surface area contributed by atoms with Gasteiger partial charge in [0.2, 0.25) is 0 Å². The Labute approximate surface area is 115 Å². The Morgan fingerprint density at radius 2 is 1.89 bits per heavy atom. The van der Waals surface area contributed by atoms with Crippen molar-refractivity contribution in [1.82, 2.24) is 5.32 Å². The number of hydrogen-bond acceptors (Lipinski definition) is 4. The Morgan fingerprint density at radius 3 is 2.37 bits per heavy atom. The maximum absolute atomic E-state index is 5.63. The molecule has 2 atom stereocenters. The summed E-state index contributed by atoms with van der Waals surface area (Å²) < 4.78 is 16.2. The first-order chi connectivity index (χ1) is 9.07. The van der Waals surface area contributed by atoms with Crippen molar-refractivity contribution in [3.05, 3.63) is 23.8 Å². The van der Waals surface area contributed by atoms with Crippen molar-refractivity contribution >= 4 is 0 Å². The molecule has 1 aromatic rings. The minimum atomic E-state index is 0.0380. The maximum atomic E-state index is 5.63. The molecular formula is C15H23NO3. The number of benzene rings is 1. The molecule has 4 nitrogen and oxygen atoms in total. The van der Waals surface area contributed by atoms with E-state index >= 15 is 0 Å². The van der Waals surface area contributed by atoms with Crippen molar-refractivity contribution in [2.75, 3.05) is 20.8 Å². The molecule has 1 N–H and O–H groups in total. The van der Waals surface area contributed by atoms with Gasteiger partial charge in [0, 0.05) is 24.8 Å². The topological polar surface area (TPSA) is 39.7 Å². The fourth-order valence-corrected chi connectivity index (χ4v) is 2.34. The van der Waals surface area contributed by atoms with Gasteiger partial charge in [-0.25, -0.2) is 0 Å². The van der Waals surface area contributed by atoms with Gasteiger partial charge in [-0.1, -0.05) is 0 Å². The first kappa shape index (κ1) is 14.2. The molecule has 106 valence electrons. The lowest BCUT2D eigenvalue weighted by atomic mass is 9.94. The van der Waals surface area contributed by atoms with Crippen LogP contribution < -0.4 is 14.8 Å². The third-order valence-corrected chi connectivity index (χ3v) is 3.99. The molecule has 1 heterocycles. The Morgan fingerprint density at radius 1 is 1.26 bits per heavy atom. The molecule has 1 aliphatic heterocycles. The van der Waals surface area contributed by atoms with Crippen molar-refractivity contribution in [2.24, 2.45) is 0 Å². The highest BCUT2D eigenvalue weighted by atomic mass is 16.5. The third-order valence-electron chi connectivity index (χ3n) is 3.99. The van der Waals surface area contributed by atoms with Crippen molar-refractivity contribution in [1.29, 1.82) is 0 Å². The van der Waals surface area contributed by atoms with Gasteiger partial charge < -0.3 is 19.5 Å². The van der Waals surface area contributed by atoms with Crippen LogP contribution in [0.1, 0.15) is 25.8 Å². The number of rotatable bonds is 5. The van der Waals surface area contributed by atoms with E-state index in [1.807, 2.05) is 18.2 Å². The van der Waals surface area contributed by atoms with Gasteiger partial charge in [0.25, 0.3) is 0 Å². The molecule has 2 unspecified atom stereocenters. The van der Waals surface area contributed by atoms with E-state index in [1.165, 1.54) is 0 Å². The first-order valence-corrected chi connectivity index (χ1v) is 6.66. The monoisotopic (exact) mass is 265 g/mol. The van der Waals surface area contributed by atoms with E-state index in [2.05, 4.69) is 19.2 Å². The zero-order chi connectivity index (χ0) is 13.9. The van der Waals surface area contributed by atoms with Crippen LogP contribution in [0.3, 0.4) is 0 Å². The summed E-state index contributed by atoms with van der Waals surface area (Å²) in [6, 6.07) is 5.94. The molecule has 0 radical (unpaired) electrons. The van der Waals surface area contributed by atoms with Gasteiger partial charge in [0.1, 0.15) is 11.5 Å².